The molecule has 1 aromatic carbocycles. The lowest BCUT2D eigenvalue weighted by Gasteiger charge is -2.07. The number of benzene rings is 1. The monoisotopic (exact) mass is 220 g/mol. The van der Waals surface area contributed by atoms with E-state index in [1.165, 1.54) is 37.8 Å². The molecule has 2 rings (SSSR count). The quantitative estimate of drug-likeness (QED) is 0.758. The average molecular weight is 220 g/mol. The zero-order valence-electron chi connectivity index (χ0n) is 9.42. The van der Waals surface area contributed by atoms with Crippen LogP contribution in [0.15, 0.2) is 24.3 Å². The Morgan fingerprint density at radius 3 is 2.75 bits per heavy atom. The van der Waals surface area contributed by atoms with Crippen LogP contribution in [0.1, 0.15) is 37.7 Å². The average Bonchev–Trinajstić information content (AvgIpc) is 2.70. The van der Waals surface area contributed by atoms with E-state index >= 15 is 0 Å². The zero-order valence-corrected chi connectivity index (χ0v) is 9.42. The van der Waals surface area contributed by atoms with Crippen molar-refractivity contribution < 1.29 is 9.18 Å². The van der Waals surface area contributed by atoms with Crippen molar-refractivity contribution in [2.45, 2.75) is 38.5 Å². The second-order valence-corrected chi connectivity index (χ2v) is 4.70. The smallest absolute Gasteiger partial charge is 0.137 e. The Labute approximate surface area is 95.7 Å². The van der Waals surface area contributed by atoms with Crippen molar-refractivity contribution in [1.82, 2.24) is 0 Å². The van der Waals surface area contributed by atoms with Gasteiger partial charge in [-0.1, -0.05) is 37.8 Å². The molecule has 0 N–H and O–H groups in total. The summed E-state index contributed by atoms with van der Waals surface area (Å²) in [5.74, 6) is 0.574. The highest BCUT2D eigenvalue weighted by Crippen LogP contribution is 2.28. The molecule has 16 heavy (non-hydrogen) atoms. The predicted octanol–water partition coefficient (Wildman–Crippen LogP) is 3.52. The van der Waals surface area contributed by atoms with E-state index in [4.69, 9.17) is 0 Å². The van der Waals surface area contributed by atoms with Crippen LogP contribution in [-0.4, -0.2) is 5.78 Å². The van der Waals surface area contributed by atoms with Crippen LogP contribution in [0, 0.1) is 11.7 Å². The fraction of sp³-hybridized carbons (Fsp3) is 0.500. The first-order valence-corrected chi connectivity index (χ1v) is 6.00. The molecular weight excluding hydrogens is 203 g/mol. The van der Waals surface area contributed by atoms with Crippen LogP contribution in [0.3, 0.4) is 0 Å². The summed E-state index contributed by atoms with van der Waals surface area (Å²) in [5.41, 5.74) is 0.794. The van der Waals surface area contributed by atoms with Gasteiger partial charge in [0, 0.05) is 12.8 Å². The molecule has 1 nitrogen and oxygen atoms in total. The van der Waals surface area contributed by atoms with Gasteiger partial charge in [-0.3, -0.25) is 4.79 Å². The van der Waals surface area contributed by atoms with Crippen LogP contribution in [0.2, 0.25) is 0 Å². The van der Waals surface area contributed by atoms with Crippen LogP contribution in [-0.2, 0) is 11.2 Å². The molecule has 1 aliphatic carbocycles. The lowest BCUT2D eigenvalue weighted by Crippen LogP contribution is -2.08. The van der Waals surface area contributed by atoms with Gasteiger partial charge in [0.1, 0.15) is 11.6 Å². The second kappa shape index (κ2) is 5.24. The summed E-state index contributed by atoms with van der Waals surface area (Å²) in [7, 11) is 0. The highest BCUT2D eigenvalue weighted by Gasteiger charge is 2.18. The molecule has 0 aromatic heterocycles. The number of Topliss-reactive ketones (excluding diaryl/α,β-unsaturated/α-hetero) is 1. The Kier molecular flexibility index (Phi) is 3.70. The third kappa shape index (κ3) is 3.16. The van der Waals surface area contributed by atoms with Crippen LogP contribution in [0.5, 0.6) is 0 Å². The Morgan fingerprint density at radius 2 is 2.06 bits per heavy atom. The summed E-state index contributed by atoms with van der Waals surface area (Å²) in [6, 6.07) is 6.33. The molecule has 2 heteroatoms. The van der Waals surface area contributed by atoms with Gasteiger partial charge in [-0.05, 0) is 23.6 Å². The van der Waals surface area contributed by atoms with Gasteiger partial charge in [0.05, 0.1) is 0 Å². The summed E-state index contributed by atoms with van der Waals surface area (Å²) < 4.78 is 12.9. The predicted molar refractivity (Wildman–Crippen MR) is 61.7 cm³/mol. The minimum Gasteiger partial charge on any atom is -0.299 e. The molecule has 0 saturated heterocycles. The summed E-state index contributed by atoms with van der Waals surface area (Å²) in [6.45, 7) is 0. The van der Waals surface area contributed by atoms with E-state index in [0.29, 0.717) is 18.8 Å². The summed E-state index contributed by atoms with van der Waals surface area (Å²) >= 11 is 0. The maximum atomic E-state index is 12.9. The Morgan fingerprint density at radius 1 is 1.31 bits per heavy atom. The van der Waals surface area contributed by atoms with Crippen molar-refractivity contribution in [3.63, 3.8) is 0 Å². The van der Waals surface area contributed by atoms with E-state index in [1.807, 2.05) is 6.07 Å². The molecule has 0 atom stereocenters. The van der Waals surface area contributed by atoms with E-state index < -0.39 is 0 Å². The lowest BCUT2D eigenvalue weighted by molar-refractivity contribution is -0.119. The fourth-order valence-corrected chi connectivity index (χ4v) is 2.48. The minimum atomic E-state index is -0.258. The lowest BCUT2D eigenvalue weighted by atomic mass is 9.97. The first-order chi connectivity index (χ1) is 7.74. The van der Waals surface area contributed by atoms with Gasteiger partial charge in [0.2, 0.25) is 0 Å². The van der Waals surface area contributed by atoms with Gasteiger partial charge in [-0.15, -0.1) is 0 Å². The SMILES string of the molecule is O=C(Cc1cccc(F)c1)CC1CCCC1. The third-order valence-corrected chi connectivity index (χ3v) is 3.28. The van der Waals surface area contributed by atoms with Crippen molar-refractivity contribution in [3.8, 4) is 0 Å². The molecular formula is C14H17FO. The molecule has 1 aliphatic rings. The van der Waals surface area contributed by atoms with E-state index in [9.17, 15) is 9.18 Å². The third-order valence-electron chi connectivity index (χ3n) is 3.28. The van der Waals surface area contributed by atoms with Crippen LogP contribution < -0.4 is 0 Å². The summed E-state index contributed by atoms with van der Waals surface area (Å²) in [4.78, 5) is 11.8. The molecule has 0 bridgehead atoms. The van der Waals surface area contributed by atoms with E-state index in [2.05, 4.69) is 0 Å². The summed E-state index contributed by atoms with van der Waals surface area (Å²) in [5, 5.41) is 0. The molecule has 0 heterocycles. The molecule has 0 radical (unpaired) electrons. The molecule has 0 unspecified atom stereocenters. The highest BCUT2D eigenvalue weighted by molar-refractivity contribution is 5.81. The van der Waals surface area contributed by atoms with Crippen molar-refractivity contribution in [1.29, 1.82) is 0 Å². The zero-order chi connectivity index (χ0) is 11.4. The first kappa shape index (κ1) is 11.3. The van der Waals surface area contributed by atoms with Gasteiger partial charge in [0.25, 0.3) is 0 Å². The molecule has 0 amide bonds. The van der Waals surface area contributed by atoms with E-state index in [0.717, 1.165) is 5.56 Å². The number of halogens is 1. The Hall–Kier alpha value is -1.18. The van der Waals surface area contributed by atoms with Gasteiger partial charge >= 0.3 is 0 Å². The number of hydrogen-bond acceptors (Lipinski definition) is 1. The molecule has 0 spiro atoms. The maximum Gasteiger partial charge on any atom is 0.137 e. The Bertz CT molecular complexity index is 367. The number of rotatable bonds is 4. The largest absolute Gasteiger partial charge is 0.299 e. The number of ketones is 1. The number of hydrogen-bond donors (Lipinski definition) is 0. The van der Waals surface area contributed by atoms with Crippen molar-refractivity contribution in [2.75, 3.05) is 0 Å². The molecule has 86 valence electrons. The van der Waals surface area contributed by atoms with Crippen molar-refractivity contribution in [3.05, 3.63) is 35.6 Å². The normalized spacial score (nSPS) is 16.6. The van der Waals surface area contributed by atoms with Gasteiger partial charge in [-0.25, -0.2) is 4.39 Å². The first-order valence-electron chi connectivity index (χ1n) is 6.00. The second-order valence-electron chi connectivity index (χ2n) is 4.70. The number of carbonyl (C=O) groups is 1. The molecule has 0 aliphatic heterocycles. The molecule has 1 saturated carbocycles. The highest BCUT2D eigenvalue weighted by atomic mass is 19.1. The standard InChI is InChI=1S/C14H17FO/c15-13-7-3-6-12(8-13)10-14(16)9-11-4-1-2-5-11/h3,6-8,11H,1-2,4-5,9-10H2. The van der Waals surface area contributed by atoms with Gasteiger partial charge in [-0.2, -0.15) is 0 Å². The van der Waals surface area contributed by atoms with E-state index in [1.54, 1.807) is 6.07 Å². The van der Waals surface area contributed by atoms with Crippen molar-refractivity contribution >= 4 is 5.78 Å². The number of carbonyl (C=O) groups excluding carboxylic acids is 1. The topological polar surface area (TPSA) is 17.1 Å². The maximum absolute atomic E-state index is 12.9. The van der Waals surface area contributed by atoms with Crippen LogP contribution in [0.4, 0.5) is 4.39 Å². The minimum absolute atomic E-state index is 0.248. The van der Waals surface area contributed by atoms with Crippen LogP contribution in [0.25, 0.3) is 0 Å². The Balaban J connectivity index is 1.86. The van der Waals surface area contributed by atoms with E-state index in [-0.39, 0.29) is 11.6 Å². The van der Waals surface area contributed by atoms with Gasteiger partial charge < -0.3 is 0 Å². The fourth-order valence-electron chi connectivity index (χ4n) is 2.48. The van der Waals surface area contributed by atoms with Crippen molar-refractivity contribution in [2.24, 2.45) is 5.92 Å². The van der Waals surface area contributed by atoms with Crippen LogP contribution >= 0.6 is 0 Å². The van der Waals surface area contributed by atoms with Gasteiger partial charge in [0.15, 0.2) is 0 Å². The molecule has 1 aromatic rings. The summed E-state index contributed by atoms with van der Waals surface area (Å²) in [6.07, 6.45) is 5.96. The molecule has 1 fully saturated rings.